The fraction of sp³-hybridized carbons (Fsp3) is 0.211. The van der Waals surface area contributed by atoms with Crippen molar-refractivity contribution >= 4 is 22.5 Å². The molecule has 0 atom stereocenters. The molecule has 0 aliphatic carbocycles. The van der Waals surface area contributed by atoms with E-state index in [0.717, 1.165) is 27.8 Å². The van der Waals surface area contributed by atoms with Gasteiger partial charge in [0, 0.05) is 27.8 Å². The summed E-state index contributed by atoms with van der Waals surface area (Å²) in [5.74, 6) is -0.0768. The van der Waals surface area contributed by atoms with Crippen LogP contribution in [0.2, 0.25) is 0 Å². The molecule has 1 heterocycles. The number of H-pyrrole nitrogens is 1. The van der Waals surface area contributed by atoms with Crippen LogP contribution >= 0.6 is 0 Å². The summed E-state index contributed by atoms with van der Waals surface area (Å²) in [5.41, 5.74) is 7.20. The van der Waals surface area contributed by atoms with Gasteiger partial charge in [-0.25, -0.2) is 0 Å². The van der Waals surface area contributed by atoms with Crippen LogP contribution in [0.15, 0.2) is 36.4 Å². The van der Waals surface area contributed by atoms with Crippen molar-refractivity contribution in [1.29, 1.82) is 0 Å². The first kappa shape index (κ1) is 14.4. The molecular formula is C19H20N2O. The Hall–Kier alpha value is -2.55. The van der Waals surface area contributed by atoms with E-state index in [1.54, 1.807) is 0 Å². The summed E-state index contributed by atoms with van der Waals surface area (Å²) in [4.78, 5) is 15.8. The van der Waals surface area contributed by atoms with Crippen molar-refractivity contribution in [3.8, 4) is 0 Å². The van der Waals surface area contributed by atoms with E-state index in [1.807, 2.05) is 51.1 Å². The molecule has 1 aromatic heterocycles. The van der Waals surface area contributed by atoms with E-state index in [2.05, 4.69) is 23.3 Å². The van der Waals surface area contributed by atoms with E-state index in [0.29, 0.717) is 5.56 Å². The lowest BCUT2D eigenvalue weighted by molar-refractivity contribution is 0.102. The van der Waals surface area contributed by atoms with Crippen molar-refractivity contribution < 1.29 is 4.79 Å². The van der Waals surface area contributed by atoms with Crippen LogP contribution in [0, 0.1) is 27.7 Å². The molecular weight excluding hydrogens is 272 g/mol. The lowest BCUT2D eigenvalue weighted by Crippen LogP contribution is -2.12. The summed E-state index contributed by atoms with van der Waals surface area (Å²) < 4.78 is 0. The van der Waals surface area contributed by atoms with E-state index < -0.39 is 0 Å². The van der Waals surface area contributed by atoms with Crippen LogP contribution in [0.4, 0.5) is 5.69 Å². The Morgan fingerprint density at radius 3 is 2.50 bits per heavy atom. The van der Waals surface area contributed by atoms with Crippen LogP contribution < -0.4 is 5.32 Å². The number of rotatable bonds is 2. The Morgan fingerprint density at radius 2 is 1.77 bits per heavy atom. The number of hydrogen-bond donors (Lipinski definition) is 2. The van der Waals surface area contributed by atoms with Gasteiger partial charge in [-0.1, -0.05) is 17.7 Å². The van der Waals surface area contributed by atoms with Crippen molar-refractivity contribution in [2.24, 2.45) is 0 Å². The van der Waals surface area contributed by atoms with Gasteiger partial charge in [0.1, 0.15) is 0 Å². The van der Waals surface area contributed by atoms with Crippen LogP contribution in [0.1, 0.15) is 32.7 Å². The number of carbonyl (C=O) groups excluding carboxylic acids is 1. The fourth-order valence-corrected chi connectivity index (χ4v) is 2.75. The molecule has 0 aliphatic heterocycles. The van der Waals surface area contributed by atoms with E-state index in [9.17, 15) is 4.79 Å². The van der Waals surface area contributed by atoms with Gasteiger partial charge in [0.05, 0.1) is 0 Å². The van der Waals surface area contributed by atoms with Gasteiger partial charge in [-0.05, 0) is 63.1 Å². The molecule has 2 N–H and O–H groups in total. The van der Waals surface area contributed by atoms with E-state index in [-0.39, 0.29) is 5.91 Å². The number of anilines is 1. The number of hydrogen-bond acceptors (Lipinski definition) is 1. The Balaban J connectivity index is 1.93. The van der Waals surface area contributed by atoms with E-state index in [1.165, 1.54) is 11.1 Å². The Kier molecular flexibility index (Phi) is 3.49. The lowest BCUT2D eigenvalue weighted by atomic mass is 10.1. The third-order valence-corrected chi connectivity index (χ3v) is 4.20. The maximum Gasteiger partial charge on any atom is 0.255 e. The highest BCUT2D eigenvalue weighted by atomic mass is 16.1. The zero-order valence-electron chi connectivity index (χ0n) is 13.4. The van der Waals surface area contributed by atoms with Gasteiger partial charge < -0.3 is 10.3 Å². The number of aromatic amines is 1. The Labute approximate surface area is 130 Å². The monoisotopic (exact) mass is 292 g/mol. The van der Waals surface area contributed by atoms with Gasteiger partial charge in [-0.15, -0.1) is 0 Å². The van der Waals surface area contributed by atoms with Crippen LogP contribution in [0.25, 0.3) is 10.9 Å². The second-order valence-corrected chi connectivity index (χ2v) is 5.91. The number of fused-ring (bicyclic) bond motifs is 1. The van der Waals surface area contributed by atoms with Gasteiger partial charge in [-0.3, -0.25) is 4.79 Å². The molecule has 0 saturated carbocycles. The third-order valence-electron chi connectivity index (χ3n) is 4.20. The predicted octanol–water partition coefficient (Wildman–Crippen LogP) is 4.65. The second kappa shape index (κ2) is 5.34. The highest BCUT2D eigenvalue weighted by molar-refractivity contribution is 6.07. The van der Waals surface area contributed by atoms with E-state index in [4.69, 9.17) is 0 Å². The van der Waals surface area contributed by atoms with Crippen molar-refractivity contribution in [1.82, 2.24) is 4.98 Å². The maximum atomic E-state index is 12.5. The summed E-state index contributed by atoms with van der Waals surface area (Å²) in [6, 6.07) is 11.8. The standard InChI is InChI=1S/C19H20N2O/c1-11-5-7-17(12(2)9-11)21-19(22)15-6-8-18-16(10-15)13(3)14(4)20-18/h5-10,20H,1-4H3,(H,21,22). The first-order valence-corrected chi connectivity index (χ1v) is 7.43. The quantitative estimate of drug-likeness (QED) is 0.709. The molecule has 2 aromatic carbocycles. The van der Waals surface area contributed by atoms with Gasteiger partial charge in [-0.2, -0.15) is 0 Å². The molecule has 3 nitrogen and oxygen atoms in total. The van der Waals surface area contributed by atoms with Gasteiger partial charge in [0.15, 0.2) is 0 Å². The molecule has 112 valence electrons. The molecule has 0 fully saturated rings. The summed E-state index contributed by atoms with van der Waals surface area (Å²) in [6.07, 6.45) is 0. The van der Waals surface area contributed by atoms with Crippen molar-refractivity contribution in [2.75, 3.05) is 5.32 Å². The minimum atomic E-state index is -0.0768. The van der Waals surface area contributed by atoms with Crippen molar-refractivity contribution in [2.45, 2.75) is 27.7 Å². The SMILES string of the molecule is Cc1ccc(NC(=O)c2ccc3[nH]c(C)c(C)c3c2)c(C)c1. The van der Waals surface area contributed by atoms with Gasteiger partial charge in [0.2, 0.25) is 0 Å². The first-order valence-electron chi connectivity index (χ1n) is 7.43. The molecule has 0 unspecified atom stereocenters. The summed E-state index contributed by atoms with van der Waals surface area (Å²) >= 11 is 0. The summed E-state index contributed by atoms with van der Waals surface area (Å²) in [6.45, 7) is 8.17. The zero-order chi connectivity index (χ0) is 15.9. The molecule has 3 heteroatoms. The first-order chi connectivity index (χ1) is 10.5. The highest BCUT2D eigenvalue weighted by Gasteiger charge is 2.11. The maximum absolute atomic E-state index is 12.5. The van der Waals surface area contributed by atoms with Gasteiger partial charge in [0.25, 0.3) is 5.91 Å². The molecule has 3 rings (SSSR count). The van der Waals surface area contributed by atoms with Crippen LogP contribution in [-0.2, 0) is 0 Å². The molecule has 3 aromatic rings. The summed E-state index contributed by atoms with van der Waals surface area (Å²) in [7, 11) is 0. The lowest BCUT2D eigenvalue weighted by Gasteiger charge is -2.09. The summed E-state index contributed by atoms with van der Waals surface area (Å²) in [5, 5.41) is 4.10. The molecule has 0 saturated heterocycles. The second-order valence-electron chi connectivity index (χ2n) is 5.91. The normalized spacial score (nSPS) is 10.9. The Bertz CT molecular complexity index is 875. The largest absolute Gasteiger partial charge is 0.358 e. The minimum Gasteiger partial charge on any atom is -0.358 e. The predicted molar refractivity (Wildman–Crippen MR) is 91.6 cm³/mol. The number of carbonyl (C=O) groups is 1. The van der Waals surface area contributed by atoms with Gasteiger partial charge >= 0.3 is 0 Å². The number of benzene rings is 2. The molecule has 0 radical (unpaired) electrons. The Morgan fingerprint density at radius 1 is 1.00 bits per heavy atom. The average Bonchev–Trinajstić information content (AvgIpc) is 2.77. The zero-order valence-corrected chi connectivity index (χ0v) is 13.4. The fourth-order valence-electron chi connectivity index (χ4n) is 2.75. The minimum absolute atomic E-state index is 0.0768. The number of amides is 1. The average molecular weight is 292 g/mol. The van der Waals surface area contributed by atoms with Crippen LogP contribution in [-0.4, -0.2) is 10.9 Å². The van der Waals surface area contributed by atoms with E-state index >= 15 is 0 Å². The van der Waals surface area contributed by atoms with Crippen molar-refractivity contribution in [3.05, 3.63) is 64.3 Å². The molecule has 0 spiro atoms. The number of aromatic nitrogens is 1. The smallest absolute Gasteiger partial charge is 0.255 e. The van der Waals surface area contributed by atoms with Crippen LogP contribution in [0.3, 0.4) is 0 Å². The highest BCUT2D eigenvalue weighted by Crippen LogP contribution is 2.23. The number of nitrogens with one attached hydrogen (secondary N) is 2. The van der Waals surface area contributed by atoms with Crippen molar-refractivity contribution in [3.63, 3.8) is 0 Å². The third kappa shape index (κ3) is 2.50. The molecule has 22 heavy (non-hydrogen) atoms. The molecule has 0 aliphatic rings. The molecule has 1 amide bonds. The number of aryl methyl sites for hydroxylation is 4. The molecule has 0 bridgehead atoms. The topological polar surface area (TPSA) is 44.9 Å². The van der Waals surface area contributed by atoms with Crippen LogP contribution in [0.5, 0.6) is 0 Å².